The zero-order valence-electron chi connectivity index (χ0n) is 19.9. The number of carboxylic acid groups (broad SMARTS) is 1. The van der Waals surface area contributed by atoms with E-state index in [1.54, 1.807) is 12.1 Å². The van der Waals surface area contributed by atoms with E-state index in [2.05, 4.69) is 0 Å². The average Bonchev–Trinajstić information content (AvgIpc) is 3.66. The Morgan fingerprint density at radius 1 is 1.09 bits per heavy atom. The first-order chi connectivity index (χ1) is 16.7. The molecule has 2 fully saturated rings. The van der Waals surface area contributed by atoms with E-state index < -0.39 is 18.6 Å². The summed E-state index contributed by atoms with van der Waals surface area (Å²) < 4.78 is 50.6. The maximum absolute atomic E-state index is 13.1. The van der Waals surface area contributed by atoms with E-state index in [0.717, 1.165) is 37.0 Å². The van der Waals surface area contributed by atoms with E-state index in [0.29, 0.717) is 43.0 Å². The Balaban J connectivity index is 1.35. The summed E-state index contributed by atoms with van der Waals surface area (Å²) in [6.45, 7) is 1.82. The second-order valence-electron chi connectivity index (χ2n) is 9.64. The van der Waals surface area contributed by atoms with Gasteiger partial charge in [0, 0.05) is 24.8 Å². The van der Waals surface area contributed by atoms with E-state index in [4.69, 9.17) is 9.47 Å². The lowest BCUT2D eigenvalue weighted by Gasteiger charge is -2.35. The van der Waals surface area contributed by atoms with Crippen molar-refractivity contribution in [2.24, 2.45) is 11.8 Å². The van der Waals surface area contributed by atoms with Gasteiger partial charge in [-0.1, -0.05) is 18.2 Å². The van der Waals surface area contributed by atoms with Crippen LogP contribution in [-0.4, -0.2) is 44.1 Å². The lowest BCUT2D eigenvalue weighted by Crippen LogP contribution is -2.36. The third-order valence-corrected chi connectivity index (χ3v) is 7.00. The summed E-state index contributed by atoms with van der Waals surface area (Å²) in [7, 11) is 1.51. The predicted octanol–water partition coefficient (Wildman–Crippen LogP) is 6.06. The zero-order valence-corrected chi connectivity index (χ0v) is 19.9. The Labute approximate surface area is 203 Å². The molecule has 2 aromatic rings. The number of benzene rings is 2. The SMILES string of the molecule is COc1ccc(CC(F)(F)F)c(N2CCC(COc3cccc([C@@H](CC(=O)O)C4CC4)c3)CC2)c1. The first kappa shape index (κ1) is 25.2. The average molecular weight is 492 g/mol. The number of nitrogens with zero attached hydrogens (tertiary/aromatic N) is 1. The van der Waals surface area contributed by atoms with E-state index in [1.807, 2.05) is 29.2 Å². The van der Waals surface area contributed by atoms with Gasteiger partial charge in [0.2, 0.25) is 0 Å². The van der Waals surface area contributed by atoms with Crippen LogP contribution in [0, 0.1) is 11.8 Å². The van der Waals surface area contributed by atoms with Crippen LogP contribution in [0.3, 0.4) is 0 Å². The van der Waals surface area contributed by atoms with Gasteiger partial charge in [-0.05, 0) is 72.8 Å². The van der Waals surface area contributed by atoms with Crippen LogP contribution in [0.25, 0.3) is 0 Å². The number of ether oxygens (including phenoxy) is 2. The molecule has 4 rings (SSSR count). The van der Waals surface area contributed by atoms with Gasteiger partial charge < -0.3 is 19.5 Å². The van der Waals surface area contributed by atoms with Crippen molar-refractivity contribution < 1.29 is 32.5 Å². The highest BCUT2D eigenvalue weighted by molar-refractivity contribution is 5.68. The lowest BCUT2D eigenvalue weighted by molar-refractivity contribution is -0.137. The molecule has 1 aliphatic heterocycles. The van der Waals surface area contributed by atoms with Crippen molar-refractivity contribution in [3.8, 4) is 11.5 Å². The highest BCUT2D eigenvalue weighted by atomic mass is 19.4. The van der Waals surface area contributed by atoms with Gasteiger partial charge in [0.15, 0.2) is 0 Å². The number of alkyl halides is 3. The van der Waals surface area contributed by atoms with Crippen molar-refractivity contribution in [1.82, 2.24) is 0 Å². The summed E-state index contributed by atoms with van der Waals surface area (Å²) in [5.41, 5.74) is 1.85. The Hall–Kier alpha value is -2.90. The number of aliphatic carboxylic acids is 1. The Morgan fingerprint density at radius 3 is 2.46 bits per heavy atom. The normalized spacial score (nSPS) is 17.8. The number of rotatable bonds is 10. The summed E-state index contributed by atoms with van der Waals surface area (Å²) >= 11 is 0. The number of hydrogen-bond donors (Lipinski definition) is 1. The molecule has 2 aromatic carbocycles. The molecule has 0 bridgehead atoms. The van der Waals surface area contributed by atoms with E-state index >= 15 is 0 Å². The highest BCUT2D eigenvalue weighted by Gasteiger charge is 2.34. The van der Waals surface area contributed by atoms with Crippen molar-refractivity contribution in [2.45, 2.75) is 50.6 Å². The van der Waals surface area contributed by atoms with Crippen LogP contribution in [0.2, 0.25) is 0 Å². The molecule has 0 radical (unpaired) electrons. The van der Waals surface area contributed by atoms with Crippen LogP contribution in [0.4, 0.5) is 18.9 Å². The molecule has 0 unspecified atom stereocenters. The minimum atomic E-state index is -4.27. The van der Waals surface area contributed by atoms with Gasteiger partial charge in [-0.25, -0.2) is 0 Å². The van der Waals surface area contributed by atoms with Crippen molar-refractivity contribution in [3.05, 3.63) is 53.6 Å². The molecule has 0 amide bonds. The van der Waals surface area contributed by atoms with Gasteiger partial charge in [-0.15, -0.1) is 0 Å². The van der Waals surface area contributed by atoms with Crippen LogP contribution in [0.5, 0.6) is 11.5 Å². The van der Waals surface area contributed by atoms with Gasteiger partial charge >= 0.3 is 12.1 Å². The molecule has 1 saturated heterocycles. The number of piperidine rings is 1. The maximum Gasteiger partial charge on any atom is 0.393 e. The molecule has 2 aliphatic rings. The molecule has 0 spiro atoms. The van der Waals surface area contributed by atoms with E-state index in [-0.39, 0.29) is 17.9 Å². The molecule has 5 nitrogen and oxygen atoms in total. The summed E-state index contributed by atoms with van der Waals surface area (Å²) in [4.78, 5) is 13.3. The Morgan fingerprint density at radius 2 is 1.83 bits per heavy atom. The highest BCUT2D eigenvalue weighted by Crippen LogP contribution is 2.45. The van der Waals surface area contributed by atoms with Gasteiger partial charge in [-0.3, -0.25) is 4.79 Å². The van der Waals surface area contributed by atoms with Gasteiger partial charge in [-0.2, -0.15) is 13.2 Å². The topological polar surface area (TPSA) is 59.0 Å². The quantitative estimate of drug-likeness (QED) is 0.438. The van der Waals surface area contributed by atoms with Crippen molar-refractivity contribution >= 4 is 11.7 Å². The predicted molar refractivity (Wildman–Crippen MR) is 127 cm³/mol. The van der Waals surface area contributed by atoms with Gasteiger partial charge in [0.25, 0.3) is 0 Å². The fraction of sp³-hybridized carbons (Fsp3) is 0.519. The molecule has 8 heteroatoms. The van der Waals surface area contributed by atoms with Crippen LogP contribution >= 0.6 is 0 Å². The molecule has 1 heterocycles. The number of carboxylic acids is 1. The second-order valence-corrected chi connectivity index (χ2v) is 9.64. The molecular formula is C27H32F3NO4. The Kier molecular flexibility index (Phi) is 7.77. The third kappa shape index (κ3) is 7.05. The first-order valence-corrected chi connectivity index (χ1v) is 12.1. The van der Waals surface area contributed by atoms with E-state index in [1.165, 1.54) is 13.2 Å². The summed E-state index contributed by atoms with van der Waals surface area (Å²) in [6.07, 6.45) is -1.34. The summed E-state index contributed by atoms with van der Waals surface area (Å²) in [5, 5.41) is 9.27. The molecule has 1 saturated carbocycles. The smallest absolute Gasteiger partial charge is 0.393 e. The van der Waals surface area contributed by atoms with Gasteiger partial charge in [0.1, 0.15) is 11.5 Å². The zero-order chi connectivity index (χ0) is 25.0. The lowest BCUT2D eigenvalue weighted by atomic mass is 9.91. The molecular weight excluding hydrogens is 459 g/mol. The third-order valence-electron chi connectivity index (χ3n) is 7.00. The fourth-order valence-electron chi connectivity index (χ4n) is 4.96. The first-order valence-electron chi connectivity index (χ1n) is 12.1. The molecule has 190 valence electrons. The summed E-state index contributed by atoms with van der Waals surface area (Å²) in [5.74, 6) is 1.25. The molecule has 1 N–H and O–H groups in total. The van der Waals surface area contributed by atoms with E-state index in [9.17, 15) is 23.1 Å². The number of methoxy groups -OCH3 is 1. The van der Waals surface area contributed by atoms with Crippen LogP contribution in [0.15, 0.2) is 42.5 Å². The maximum atomic E-state index is 13.1. The van der Waals surface area contributed by atoms with Crippen LogP contribution in [-0.2, 0) is 11.2 Å². The number of hydrogen-bond acceptors (Lipinski definition) is 4. The van der Waals surface area contributed by atoms with Crippen molar-refractivity contribution in [1.29, 1.82) is 0 Å². The number of carbonyl (C=O) groups is 1. The largest absolute Gasteiger partial charge is 0.497 e. The molecule has 0 aromatic heterocycles. The van der Waals surface area contributed by atoms with Gasteiger partial charge in [0.05, 0.1) is 26.6 Å². The monoisotopic (exact) mass is 491 g/mol. The fourth-order valence-corrected chi connectivity index (χ4v) is 4.96. The second kappa shape index (κ2) is 10.8. The molecule has 35 heavy (non-hydrogen) atoms. The minimum Gasteiger partial charge on any atom is -0.497 e. The minimum absolute atomic E-state index is 0.0213. The molecule has 1 aliphatic carbocycles. The Bertz CT molecular complexity index is 1010. The van der Waals surface area contributed by atoms with Crippen LogP contribution in [0.1, 0.15) is 49.1 Å². The standard InChI is InChI=1S/C27H32F3NO4/c1-34-22-8-7-21(16-27(28,29)30)25(14-22)31-11-9-18(10-12-31)17-35-23-4-2-3-20(13-23)24(15-26(32)33)19-5-6-19/h2-4,7-8,13-14,18-19,24H,5-6,9-12,15-17H2,1H3,(H,32,33)/t24-/m0/s1. The number of halogens is 3. The molecule has 1 atom stereocenters. The van der Waals surface area contributed by atoms with Crippen molar-refractivity contribution in [3.63, 3.8) is 0 Å². The van der Waals surface area contributed by atoms with Crippen molar-refractivity contribution in [2.75, 3.05) is 31.7 Å². The number of anilines is 1. The van der Waals surface area contributed by atoms with Crippen LogP contribution < -0.4 is 14.4 Å². The summed E-state index contributed by atoms with van der Waals surface area (Å²) in [6, 6.07) is 12.5.